The highest BCUT2D eigenvalue weighted by Crippen LogP contribution is 2.21. The van der Waals surface area contributed by atoms with Crippen LogP contribution >= 0.6 is 11.6 Å². The van der Waals surface area contributed by atoms with Crippen molar-refractivity contribution in [2.45, 2.75) is 13.0 Å². The summed E-state index contributed by atoms with van der Waals surface area (Å²) < 4.78 is 0. The van der Waals surface area contributed by atoms with Crippen molar-refractivity contribution in [1.29, 1.82) is 0 Å². The molecule has 6 nitrogen and oxygen atoms in total. The van der Waals surface area contributed by atoms with Crippen LogP contribution in [0.25, 0.3) is 11.3 Å². The maximum absolute atomic E-state index is 6.10. The monoisotopic (exact) mass is 422 g/mol. The van der Waals surface area contributed by atoms with E-state index in [-0.39, 0.29) is 0 Å². The summed E-state index contributed by atoms with van der Waals surface area (Å²) in [6.07, 6.45) is 2.61. The number of hydrogen-bond donors (Lipinski definition) is 3. The smallest absolute Gasteiger partial charge is 0.223 e. The Morgan fingerprint density at radius 3 is 2.77 bits per heavy atom. The average molecular weight is 423 g/mol. The number of benzene rings is 2. The first-order valence-corrected chi connectivity index (χ1v) is 10.7. The Labute approximate surface area is 182 Å². The second kappa shape index (κ2) is 9.89. The van der Waals surface area contributed by atoms with Crippen molar-refractivity contribution in [3.05, 3.63) is 70.9 Å². The van der Waals surface area contributed by atoms with Crippen molar-refractivity contribution in [1.82, 2.24) is 20.2 Å². The van der Waals surface area contributed by atoms with Gasteiger partial charge in [0.05, 0.1) is 16.4 Å². The Kier molecular flexibility index (Phi) is 6.79. The summed E-state index contributed by atoms with van der Waals surface area (Å²) in [6.45, 7) is 5.98. The third-order valence-corrected chi connectivity index (χ3v) is 5.58. The van der Waals surface area contributed by atoms with Gasteiger partial charge in [0, 0.05) is 51.0 Å². The summed E-state index contributed by atoms with van der Waals surface area (Å²) >= 11 is 6.10. The molecule has 1 saturated heterocycles. The molecular weight excluding hydrogens is 396 g/mol. The van der Waals surface area contributed by atoms with Crippen LogP contribution in [-0.4, -0.2) is 47.6 Å². The molecule has 0 saturated carbocycles. The topological polar surface area (TPSA) is 79.1 Å². The van der Waals surface area contributed by atoms with Gasteiger partial charge < -0.3 is 16.4 Å². The van der Waals surface area contributed by atoms with Crippen LogP contribution in [-0.2, 0) is 13.0 Å². The van der Waals surface area contributed by atoms with Crippen molar-refractivity contribution in [3.8, 4) is 11.3 Å². The van der Waals surface area contributed by atoms with Gasteiger partial charge >= 0.3 is 0 Å². The summed E-state index contributed by atoms with van der Waals surface area (Å²) in [4.78, 5) is 11.5. The molecule has 0 aliphatic carbocycles. The molecule has 2 aromatic carbocycles. The largest absolute Gasteiger partial charge is 0.398 e. The number of hydrogen-bond acceptors (Lipinski definition) is 6. The second-order valence-corrected chi connectivity index (χ2v) is 7.93. The normalized spacial score (nSPS) is 14.6. The van der Waals surface area contributed by atoms with E-state index in [9.17, 15) is 0 Å². The Morgan fingerprint density at radius 2 is 1.93 bits per heavy atom. The Balaban J connectivity index is 1.39. The number of nitrogen functional groups attached to an aromatic ring is 1. The molecule has 0 amide bonds. The van der Waals surface area contributed by atoms with Crippen molar-refractivity contribution < 1.29 is 0 Å². The Morgan fingerprint density at radius 1 is 1.07 bits per heavy atom. The summed E-state index contributed by atoms with van der Waals surface area (Å²) in [6, 6.07) is 16.3. The van der Waals surface area contributed by atoms with Gasteiger partial charge in [-0.3, -0.25) is 4.90 Å². The number of halogens is 1. The van der Waals surface area contributed by atoms with Crippen LogP contribution in [0.4, 0.5) is 11.6 Å². The molecule has 0 unspecified atom stereocenters. The lowest BCUT2D eigenvalue weighted by Gasteiger charge is -2.27. The molecule has 1 fully saturated rings. The fourth-order valence-corrected chi connectivity index (χ4v) is 3.81. The molecule has 1 aromatic heterocycles. The molecule has 0 atom stereocenters. The lowest BCUT2D eigenvalue weighted by molar-refractivity contribution is 0.233. The summed E-state index contributed by atoms with van der Waals surface area (Å²) in [5.41, 5.74) is 10.8. The molecule has 7 heteroatoms. The highest BCUT2D eigenvalue weighted by Gasteiger charge is 2.11. The van der Waals surface area contributed by atoms with Crippen LogP contribution in [0.3, 0.4) is 0 Å². The van der Waals surface area contributed by atoms with Crippen LogP contribution in [0.1, 0.15) is 11.1 Å². The minimum absolute atomic E-state index is 0.589. The minimum atomic E-state index is 0.589. The Bertz CT molecular complexity index is 987. The molecule has 2 heterocycles. The highest BCUT2D eigenvalue weighted by atomic mass is 35.5. The maximum Gasteiger partial charge on any atom is 0.223 e. The number of nitrogens with one attached hydrogen (secondary N) is 2. The van der Waals surface area contributed by atoms with E-state index in [2.05, 4.69) is 44.8 Å². The number of nitrogens with two attached hydrogens (primary N) is 1. The molecule has 156 valence electrons. The number of rotatable bonds is 7. The van der Waals surface area contributed by atoms with Gasteiger partial charge in [0.15, 0.2) is 0 Å². The fraction of sp³-hybridized carbons (Fsp3) is 0.304. The zero-order valence-electron chi connectivity index (χ0n) is 16.9. The van der Waals surface area contributed by atoms with Crippen LogP contribution in [0, 0.1) is 0 Å². The molecule has 1 aliphatic heterocycles. The standard InChI is InChI=1S/C23H27ClN6/c24-20-15-17(4-5-21(20)25)6-8-27-23-28-9-7-22(29-23)19-3-1-2-18(14-19)16-30-12-10-26-11-13-30/h1-5,7,9,14-15,26H,6,8,10-13,16,25H2,(H,27,28,29). The zero-order valence-corrected chi connectivity index (χ0v) is 17.7. The van der Waals surface area contributed by atoms with Gasteiger partial charge in [0.25, 0.3) is 0 Å². The van der Waals surface area contributed by atoms with E-state index < -0.39 is 0 Å². The van der Waals surface area contributed by atoms with E-state index in [0.717, 1.165) is 56.0 Å². The predicted molar refractivity (Wildman–Crippen MR) is 124 cm³/mol. The van der Waals surface area contributed by atoms with Crippen LogP contribution in [0.5, 0.6) is 0 Å². The maximum atomic E-state index is 6.10. The third kappa shape index (κ3) is 5.48. The SMILES string of the molecule is Nc1ccc(CCNc2nccc(-c3cccc(CN4CCNCC4)c3)n2)cc1Cl. The molecule has 1 aliphatic rings. The van der Waals surface area contributed by atoms with E-state index >= 15 is 0 Å². The molecule has 4 N–H and O–H groups in total. The quantitative estimate of drug-likeness (QED) is 0.506. The molecule has 4 rings (SSSR count). The molecule has 0 radical (unpaired) electrons. The van der Waals surface area contributed by atoms with E-state index in [0.29, 0.717) is 23.2 Å². The number of anilines is 2. The third-order valence-electron chi connectivity index (χ3n) is 5.26. The van der Waals surface area contributed by atoms with Gasteiger partial charge in [0.2, 0.25) is 5.95 Å². The van der Waals surface area contributed by atoms with Crippen LogP contribution in [0.2, 0.25) is 5.02 Å². The molecular formula is C23H27ClN6. The van der Waals surface area contributed by atoms with E-state index in [4.69, 9.17) is 22.3 Å². The van der Waals surface area contributed by atoms with Crippen LogP contribution in [0.15, 0.2) is 54.7 Å². The molecule has 3 aromatic rings. The summed E-state index contributed by atoms with van der Waals surface area (Å²) in [7, 11) is 0. The first-order valence-electron chi connectivity index (χ1n) is 10.3. The average Bonchev–Trinajstić information content (AvgIpc) is 2.77. The van der Waals surface area contributed by atoms with Crippen molar-refractivity contribution >= 4 is 23.2 Å². The molecule has 0 bridgehead atoms. The molecule has 0 spiro atoms. The van der Waals surface area contributed by atoms with E-state index in [1.54, 1.807) is 6.20 Å². The first-order chi connectivity index (χ1) is 14.7. The van der Waals surface area contributed by atoms with E-state index in [1.165, 1.54) is 5.56 Å². The highest BCUT2D eigenvalue weighted by molar-refractivity contribution is 6.33. The number of aromatic nitrogens is 2. The minimum Gasteiger partial charge on any atom is -0.398 e. The van der Waals surface area contributed by atoms with Crippen LogP contribution < -0.4 is 16.4 Å². The van der Waals surface area contributed by atoms with Gasteiger partial charge in [-0.15, -0.1) is 0 Å². The fourth-order valence-electron chi connectivity index (χ4n) is 3.61. The lowest BCUT2D eigenvalue weighted by Crippen LogP contribution is -2.42. The molecule has 30 heavy (non-hydrogen) atoms. The summed E-state index contributed by atoms with van der Waals surface area (Å²) in [5, 5.41) is 7.29. The van der Waals surface area contributed by atoms with Gasteiger partial charge in [-0.2, -0.15) is 0 Å². The second-order valence-electron chi connectivity index (χ2n) is 7.52. The van der Waals surface area contributed by atoms with Gasteiger partial charge in [-0.25, -0.2) is 9.97 Å². The Hall–Kier alpha value is -2.67. The van der Waals surface area contributed by atoms with Gasteiger partial charge in [0.1, 0.15) is 0 Å². The van der Waals surface area contributed by atoms with Gasteiger partial charge in [-0.1, -0.05) is 35.9 Å². The zero-order chi connectivity index (χ0) is 20.8. The number of piperazine rings is 1. The van der Waals surface area contributed by atoms with E-state index in [1.807, 2.05) is 24.3 Å². The summed E-state index contributed by atoms with van der Waals surface area (Å²) in [5.74, 6) is 0.626. The van der Waals surface area contributed by atoms with Crippen molar-refractivity contribution in [2.75, 3.05) is 43.8 Å². The number of nitrogens with zero attached hydrogens (tertiary/aromatic N) is 3. The van der Waals surface area contributed by atoms with Crippen molar-refractivity contribution in [3.63, 3.8) is 0 Å². The predicted octanol–water partition coefficient (Wildman–Crippen LogP) is 3.44. The lowest BCUT2D eigenvalue weighted by atomic mass is 10.1. The first kappa shape index (κ1) is 20.6. The van der Waals surface area contributed by atoms with Crippen molar-refractivity contribution in [2.24, 2.45) is 0 Å². The van der Waals surface area contributed by atoms with Gasteiger partial charge in [-0.05, 0) is 41.8 Å².